The molecule has 4 unspecified atom stereocenters. The Morgan fingerprint density at radius 2 is 1.93 bits per heavy atom. The first-order valence-electron chi connectivity index (χ1n) is 10.8. The molecule has 7 heteroatoms. The Kier molecular flexibility index (Phi) is 6.35. The van der Waals surface area contributed by atoms with Gasteiger partial charge in [0.25, 0.3) is 0 Å². The van der Waals surface area contributed by atoms with Crippen LogP contribution in [0.4, 0.5) is 4.39 Å². The molecule has 2 aliphatic heterocycles. The van der Waals surface area contributed by atoms with Crippen LogP contribution in [0.1, 0.15) is 52.9 Å². The fourth-order valence-electron chi connectivity index (χ4n) is 5.01. The molecular formula is C21H37FN4O2. The van der Waals surface area contributed by atoms with Crippen LogP contribution in [-0.4, -0.2) is 67.2 Å². The van der Waals surface area contributed by atoms with Crippen molar-refractivity contribution in [1.29, 1.82) is 0 Å². The van der Waals surface area contributed by atoms with Crippen molar-refractivity contribution in [2.24, 2.45) is 17.8 Å². The number of rotatable bonds is 7. The maximum absolute atomic E-state index is 14.1. The highest BCUT2D eigenvalue weighted by Gasteiger charge is 2.52. The summed E-state index contributed by atoms with van der Waals surface area (Å²) in [5.74, 6) is 0.397. The molecule has 0 bridgehead atoms. The lowest BCUT2D eigenvalue weighted by atomic mass is 9.58. The number of hydrogen-bond donors (Lipinski definition) is 3. The van der Waals surface area contributed by atoms with Gasteiger partial charge in [0, 0.05) is 43.1 Å². The minimum absolute atomic E-state index is 0.00109. The Hall–Kier alpha value is -1.21. The van der Waals surface area contributed by atoms with Crippen molar-refractivity contribution in [2.75, 3.05) is 33.2 Å². The number of nitrogens with one attached hydrogen (secondary N) is 3. The molecule has 3 rings (SSSR count). The number of alkyl halides is 1. The Bertz CT molecular complexity index is 595. The van der Waals surface area contributed by atoms with E-state index in [0.717, 1.165) is 38.6 Å². The number of likely N-dealkylation sites (tertiary alicyclic amines) is 1. The minimum atomic E-state index is -1.28. The molecule has 6 nitrogen and oxygen atoms in total. The smallest absolute Gasteiger partial charge is 0.222 e. The average Bonchev–Trinajstić information content (AvgIpc) is 2.62. The lowest BCUT2D eigenvalue weighted by Crippen LogP contribution is -2.65. The molecule has 1 aliphatic carbocycles. The molecule has 0 aromatic rings. The summed E-state index contributed by atoms with van der Waals surface area (Å²) in [5.41, 5.74) is -1.20. The summed E-state index contributed by atoms with van der Waals surface area (Å²) in [7, 11) is 2.17. The highest BCUT2D eigenvalue weighted by atomic mass is 19.1. The molecule has 3 aliphatic rings. The van der Waals surface area contributed by atoms with Crippen LogP contribution in [0.2, 0.25) is 0 Å². The molecule has 160 valence electrons. The summed E-state index contributed by atoms with van der Waals surface area (Å²) in [4.78, 5) is 27.0. The Balaban J connectivity index is 1.53. The van der Waals surface area contributed by atoms with Crippen molar-refractivity contribution < 1.29 is 14.0 Å². The van der Waals surface area contributed by atoms with E-state index in [9.17, 15) is 14.0 Å². The van der Waals surface area contributed by atoms with E-state index in [4.69, 9.17) is 0 Å². The molecule has 3 fully saturated rings. The van der Waals surface area contributed by atoms with Gasteiger partial charge in [-0.3, -0.25) is 9.59 Å². The van der Waals surface area contributed by atoms with Gasteiger partial charge in [0.2, 0.25) is 11.8 Å². The molecule has 2 saturated heterocycles. The zero-order valence-electron chi connectivity index (χ0n) is 17.8. The summed E-state index contributed by atoms with van der Waals surface area (Å²) in [6.07, 6.45) is 4.99. The molecule has 28 heavy (non-hydrogen) atoms. The van der Waals surface area contributed by atoms with Crippen LogP contribution in [0.3, 0.4) is 0 Å². The molecule has 0 aromatic heterocycles. The molecule has 2 heterocycles. The third kappa shape index (κ3) is 4.35. The molecule has 3 N–H and O–H groups in total. The van der Waals surface area contributed by atoms with Gasteiger partial charge in [-0.05, 0) is 45.1 Å². The van der Waals surface area contributed by atoms with Crippen molar-refractivity contribution in [2.45, 2.75) is 70.1 Å². The number of hydrogen-bond acceptors (Lipinski definition) is 4. The zero-order chi connectivity index (χ0) is 20.5. The van der Waals surface area contributed by atoms with Crippen molar-refractivity contribution in [3.8, 4) is 0 Å². The molecule has 1 spiro atoms. The van der Waals surface area contributed by atoms with Gasteiger partial charge in [0.05, 0.1) is 6.54 Å². The number of carbonyl (C=O) groups is 2. The van der Waals surface area contributed by atoms with E-state index in [2.05, 4.69) is 27.9 Å². The topological polar surface area (TPSA) is 73.5 Å². The van der Waals surface area contributed by atoms with Gasteiger partial charge in [-0.15, -0.1) is 0 Å². The fraction of sp³-hybridized carbons (Fsp3) is 0.905. The summed E-state index contributed by atoms with van der Waals surface area (Å²) in [6, 6.07) is 0.218. The highest BCUT2D eigenvalue weighted by molar-refractivity contribution is 5.78. The number of amides is 2. The van der Waals surface area contributed by atoms with Crippen LogP contribution in [0.25, 0.3) is 0 Å². The van der Waals surface area contributed by atoms with Crippen LogP contribution in [0.15, 0.2) is 0 Å². The summed E-state index contributed by atoms with van der Waals surface area (Å²) in [6.45, 7) is 7.51. The lowest BCUT2D eigenvalue weighted by molar-refractivity contribution is -0.129. The quantitative estimate of drug-likeness (QED) is 0.609. The predicted molar refractivity (Wildman–Crippen MR) is 108 cm³/mol. The third-order valence-electron chi connectivity index (χ3n) is 7.28. The molecule has 2 amide bonds. The number of nitrogens with zero attached hydrogens (tertiary/aromatic N) is 1. The Morgan fingerprint density at radius 1 is 1.21 bits per heavy atom. The first kappa shape index (κ1) is 21.5. The minimum Gasteiger partial charge on any atom is -0.353 e. The zero-order valence-corrected chi connectivity index (χ0v) is 17.8. The van der Waals surface area contributed by atoms with Crippen molar-refractivity contribution in [3.63, 3.8) is 0 Å². The molecule has 4 atom stereocenters. The van der Waals surface area contributed by atoms with E-state index in [1.54, 1.807) is 0 Å². The van der Waals surface area contributed by atoms with Crippen molar-refractivity contribution >= 4 is 11.8 Å². The molecule has 0 aromatic carbocycles. The standard InChI is InChI=1S/C21H37FN4O2/c1-14(2)18(27)25-17-6-8-26(4)21(10-17)7-5-16(21)9-15(3)19(28)24-13-20(22)11-23-12-20/h14-17,23H,5-13H2,1-4H3,(H,24,28)(H,25,27). The monoisotopic (exact) mass is 396 g/mol. The van der Waals surface area contributed by atoms with Gasteiger partial charge in [0.1, 0.15) is 0 Å². The van der Waals surface area contributed by atoms with E-state index in [-0.39, 0.29) is 41.8 Å². The number of carbonyl (C=O) groups excluding carboxylic acids is 2. The maximum Gasteiger partial charge on any atom is 0.222 e. The average molecular weight is 397 g/mol. The van der Waals surface area contributed by atoms with Gasteiger partial charge in [0.15, 0.2) is 5.67 Å². The van der Waals surface area contributed by atoms with E-state index in [1.807, 2.05) is 20.8 Å². The summed E-state index contributed by atoms with van der Waals surface area (Å²) < 4.78 is 14.1. The number of halogens is 1. The normalized spacial score (nSPS) is 33.1. The largest absolute Gasteiger partial charge is 0.353 e. The maximum atomic E-state index is 14.1. The van der Waals surface area contributed by atoms with E-state index in [1.165, 1.54) is 0 Å². The van der Waals surface area contributed by atoms with Gasteiger partial charge < -0.3 is 20.9 Å². The predicted octanol–water partition coefficient (Wildman–Crippen LogP) is 1.46. The summed E-state index contributed by atoms with van der Waals surface area (Å²) in [5, 5.41) is 8.93. The molecule has 1 saturated carbocycles. The van der Waals surface area contributed by atoms with Crippen LogP contribution in [-0.2, 0) is 9.59 Å². The van der Waals surface area contributed by atoms with Gasteiger partial charge in [-0.25, -0.2) is 4.39 Å². The molecule has 0 radical (unpaired) electrons. The second kappa shape index (κ2) is 8.27. The van der Waals surface area contributed by atoms with Gasteiger partial charge >= 0.3 is 0 Å². The van der Waals surface area contributed by atoms with Crippen molar-refractivity contribution in [3.05, 3.63) is 0 Å². The second-order valence-electron chi connectivity index (χ2n) is 9.72. The first-order valence-corrected chi connectivity index (χ1v) is 10.8. The van der Waals surface area contributed by atoms with Gasteiger partial charge in [-0.1, -0.05) is 20.8 Å². The van der Waals surface area contributed by atoms with Gasteiger partial charge in [-0.2, -0.15) is 0 Å². The fourth-order valence-corrected chi connectivity index (χ4v) is 5.01. The molecular weight excluding hydrogens is 359 g/mol. The Morgan fingerprint density at radius 3 is 2.46 bits per heavy atom. The lowest BCUT2D eigenvalue weighted by Gasteiger charge is -2.59. The van der Waals surface area contributed by atoms with Crippen LogP contribution < -0.4 is 16.0 Å². The van der Waals surface area contributed by atoms with E-state index >= 15 is 0 Å². The number of piperidine rings is 1. The van der Waals surface area contributed by atoms with Crippen LogP contribution in [0.5, 0.6) is 0 Å². The SMILES string of the molecule is CC(C)C(=O)NC1CCN(C)C2(CCC2CC(C)C(=O)NCC2(F)CNC2)C1. The van der Waals surface area contributed by atoms with Crippen molar-refractivity contribution in [1.82, 2.24) is 20.9 Å². The van der Waals surface area contributed by atoms with Crippen LogP contribution >= 0.6 is 0 Å². The van der Waals surface area contributed by atoms with E-state index < -0.39 is 5.67 Å². The Labute approximate surface area is 168 Å². The second-order valence-corrected chi connectivity index (χ2v) is 9.72. The third-order valence-corrected chi connectivity index (χ3v) is 7.28. The summed E-state index contributed by atoms with van der Waals surface area (Å²) >= 11 is 0. The first-order chi connectivity index (χ1) is 13.2. The van der Waals surface area contributed by atoms with E-state index in [0.29, 0.717) is 19.0 Å². The highest BCUT2D eigenvalue weighted by Crippen LogP contribution is 2.51. The van der Waals surface area contributed by atoms with Crippen LogP contribution in [0, 0.1) is 17.8 Å².